The number of phenolic OH excluding ortho intramolecular Hbond substituents is 2. The SMILES string of the molecule is CCOC(=O)/C=C/c1ccc(C)cc1OC.COc1cc(C)ccc1C=O.COc1cc(C)ccc1CCC=O.COc1cc(O)ccc1C=O.COc1cc(O)ccc1CCCNc1cccc2c1C(=O)NC2=O.COc1cc(O[Si](C)(C)C(C)(C)C)ccc1CCCNc1cccc2c1C(=O)NC2=O.Nc1cccc2c1C(=O)NC2=O.[2H]CF.[H-].[Na+]. The number of esters is 1. The van der Waals surface area contributed by atoms with Crippen molar-refractivity contribution < 1.29 is 132 Å². The molecule has 0 aliphatic carbocycles. The molecular formula is C92H108FN6NaO20Si. The summed E-state index contributed by atoms with van der Waals surface area (Å²) in [6.07, 6.45) is 10.0. The molecule has 0 atom stereocenters. The van der Waals surface area contributed by atoms with Crippen molar-refractivity contribution in [3.05, 3.63) is 253 Å². The summed E-state index contributed by atoms with van der Waals surface area (Å²) in [6, 6.07) is 48.0. The van der Waals surface area contributed by atoms with Crippen LogP contribution in [-0.2, 0) is 33.6 Å². The molecule has 9 N–H and O–H groups in total. The van der Waals surface area contributed by atoms with Gasteiger partial charge < -0.3 is 70.4 Å². The molecular weight excluding hydrogens is 1580 g/mol. The van der Waals surface area contributed by atoms with Crippen molar-refractivity contribution in [3.63, 3.8) is 0 Å². The second-order valence-electron chi connectivity index (χ2n) is 28.2. The van der Waals surface area contributed by atoms with Gasteiger partial charge in [-0.25, -0.2) is 4.79 Å². The Morgan fingerprint density at radius 2 is 0.884 bits per heavy atom. The molecule has 0 spiro atoms. The summed E-state index contributed by atoms with van der Waals surface area (Å²) in [5, 5.41) is 31.9. The number of imide groups is 3. The largest absolute Gasteiger partial charge is 1.00 e. The van der Waals surface area contributed by atoms with Gasteiger partial charge >= 0.3 is 35.5 Å². The number of phenols is 2. The third-order valence-corrected chi connectivity index (χ3v) is 23.2. The first-order valence-corrected chi connectivity index (χ1v) is 40.9. The Labute approximate surface area is 731 Å². The number of aldehydes is 3. The molecule has 0 unspecified atom stereocenters. The standard InChI is InChI=1S/C24H32N2O4Si.C18H18N2O4.C13H16O3.C11H14O2.C9H10O2.C8H6N2O2.C8H8O3.CH3F.Na.H/c1-24(2,3)31(5,6)30-17-13-12-16(20(15-17)29-4)9-8-14-25-19-11-7-10-18-21(19)23(28)26-22(18)27;1-24-15-10-12(21)8-7-11(15)4-3-9-19-14-6-2-5-13-16(14)18(23)20-17(13)22;1-4-16-13(14)8-7-11-6-5-10(2)9-12(11)15-3;1-9-5-6-10(4-3-7-12)11(8-9)13-2;1-7-3-4-8(6-10)9(5-7)11-2;9-5-3-1-2-4-6(5)8(12)10-7(4)11;1-11-8-4-7(10)3-2-6(8)5-9;1-2;;/h7,10-13,15,25H,8-9,14H2,1-6H3,(H,26,27,28);2,5-8,10,19,21H,3-4,9H2,1H3,(H,20,22,23);5-9H,4H2,1-3H3;5-8H,3-4H2,1-2H3;3-6H,1-2H3;1-3H,9H2,(H,10,11,12);2-5,10H,1H3;1H3;;/q;;;;;;;;+1;-1/b;;8-7+;;;;;;;/i;;;;;;;1D;;. The molecule has 3 aliphatic heterocycles. The van der Waals surface area contributed by atoms with Crippen LogP contribution in [0.1, 0.15) is 172 Å². The van der Waals surface area contributed by atoms with Crippen LogP contribution in [0.5, 0.6) is 51.7 Å². The normalized spacial score (nSPS) is 11.7. The third kappa shape index (κ3) is 30.0. The molecule has 0 saturated heterocycles. The predicted octanol–water partition coefficient (Wildman–Crippen LogP) is 12.9. The first-order chi connectivity index (χ1) is 57.7. The van der Waals surface area contributed by atoms with E-state index in [9.17, 15) is 57.4 Å². The summed E-state index contributed by atoms with van der Waals surface area (Å²) in [5.74, 6) is 2.71. The summed E-state index contributed by atoms with van der Waals surface area (Å²) < 4.78 is 57.8. The number of rotatable bonds is 26. The van der Waals surface area contributed by atoms with Crippen LogP contribution < -0.4 is 94.7 Å². The Hall–Kier alpha value is -12.6. The van der Waals surface area contributed by atoms with E-state index < -0.39 is 21.4 Å². The van der Waals surface area contributed by atoms with Gasteiger partial charge in [0.1, 0.15) is 58.0 Å². The fourth-order valence-corrected chi connectivity index (χ4v) is 12.7. The van der Waals surface area contributed by atoms with E-state index in [1.54, 1.807) is 115 Å². The quantitative estimate of drug-likeness (QED) is 0.00475. The predicted molar refractivity (Wildman–Crippen MR) is 465 cm³/mol. The molecule has 26 nitrogen and oxygen atoms in total. The second kappa shape index (κ2) is 50.3. The van der Waals surface area contributed by atoms with Crippen molar-refractivity contribution in [2.24, 2.45) is 0 Å². The van der Waals surface area contributed by atoms with Crippen LogP contribution in [0.15, 0.2) is 170 Å². The Morgan fingerprint density at radius 3 is 1.34 bits per heavy atom. The van der Waals surface area contributed by atoms with Gasteiger partial charge in [-0.1, -0.05) is 81.4 Å². The number of aryl methyl sites for hydroxylation is 6. The fourth-order valence-electron chi connectivity index (χ4n) is 11.7. The van der Waals surface area contributed by atoms with Gasteiger partial charge in [-0.2, -0.15) is 0 Å². The minimum atomic E-state index is -1.91. The maximum absolute atomic E-state index is 12.0. The zero-order chi connectivity index (χ0) is 89.5. The van der Waals surface area contributed by atoms with Crippen molar-refractivity contribution in [2.75, 3.05) is 85.9 Å². The molecule has 9 aromatic carbocycles. The number of nitrogens with one attached hydrogen (secondary N) is 5. The van der Waals surface area contributed by atoms with Crippen molar-refractivity contribution in [2.45, 2.75) is 105 Å². The minimum absolute atomic E-state index is 0. The van der Waals surface area contributed by atoms with E-state index >= 15 is 0 Å². The molecule has 0 fully saturated rings. The van der Waals surface area contributed by atoms with Crippen molar-refractivity contribution in [1.29, 1.82) is 0 Å². The Morgan fingerprint density at radius 1 is 0.512 bits per heavy atom. The van der Waals surface area contributed by atoms with E-state index in [1.807, 2.05) is 93.6 Å². The number of hydrogen-bond donors (Lipinski definition) is 8. The van der Waals surface area contributed by atoms with E-state index in [0.717, 1.165) is 101 Å². The summed E-state index contributed by atoms with van der Waals surface area (Å²) in [6.45, 7) is 20.6. The average molecular weight is 1690 g/mol. The molecule has 29 heteroatoms. The van der Waals surface area contributed by atoms with E-state index in [2.05, 4.69) is 66.5 Å². The van der Waals surface area contributed by atoms with Crippen LogP contribution in [0.2, 0.25) is 18.1 Å². The van der Waals surface area contributed by atoms with Crippen LogP contribution in [-0.4, -0.2) is 148 Å². The van der Waals surface area contributed by atoms with Crippen molar-refractivity contribution in [1.82, 2.24) is 16.0 Å². The number of halogens is 1. The van der Waals surface area contributed by atoms with Crippen LogP contribution in [0.25, 0.3) is 6.08 Å². The molecule has 12 rings (SSSR count). The zero-order valence-electron chi connectivity index (χ0n) is 73.2. The molecule has 3 aliphatic rings. The number of ether oxygens (including phenoxy) is 7. The number of benzene rings is 9. The first kappa shape index (κ1) is 98.9. The van der Waals surface area contributed by atoms with Crippen molar-refractivity contribution in [3.8, 4) is 51.7 Å². The van der Waals surface area contributed by atoms with Gasteiger partial charge in [0.15, 0.2) is 12.6 Å². The number of anilines is 3. The fraction of sp³-hybridized carbons (Fsp3) is 0.283. The van der Waals surface area contributed by atoms with Gasteiger partial charge in [-0.05, 0) is 202 Å². The molecule has 6 amide bonds. The van der Waals surface area contributed by atoms with Gasteiger partial charge in [0.05, 0.1) is 102 Å². The molecule has 9 aromatic rings. The number of nitrogens with two attached hydrogens (primary N) is 1. The van der Waals surface area contributed by atoms with Gasteiger partial charge in [0.25, 0.3) is 35.4 Å². The van der Waals surface area contributed by atoms with Crippen molar-refractivity contribution >= 4 is 91.7 Å². The zero-order valence-corrected chi connectivity index (χ0v) is 74.2. The minimum Gasteiger partial charge on any atom is -1.00 e. The number of carbonyl (C=O) groups excluding carboxylic acids is 10. The number of alkyl halides is 1. The second-order valence-corrected chi connectivity index (χ2v) is 33.0. The molecule has 0 saturated carbocycles. The average Bonchev–Trinajstić information content (AvgIpc) is 1.51. The van der Waals surface area contributed by atoms with E-state index in [-0.39, 0.29) is 83.0 Å². The smallest absolute Gasteiger partial charge is 1.00 e. The van der Waals surface area contributed by atoms with Crippen LogP contribution in [0.4, 0.5) is 21.5 Å². The monoisotopic (exact) mass is 1690 g/mol. The number of methoxy groups -OCH3 is 6. The topological polar surface area (TPSA) is 371 Å². The van der Waals surface area contributed by atoms with Gasteiger partial charge in [-0.3, -0.25) is 58.7 Å². The number of amides is 6. The first-order valence-electron chi connectivity index (χ1n) is 38.7. The van der Waals surface area contributed by atoms with Crippen LogP contribution >= 0.6 is 0 Å². The number of carbonyl (C=O) groups is 10. The molecule has 3 heterocycles. The summed E-state index contributed by atoms with van der Waals surface area (Å²) in [7, 11) is 6.60. The number of aromatic hydroxyl groups is 2. The number of nitrogen functional groups attached to an aromatic ring is 1. The van der Waals surface area contributed by atoms with Gasteiger partial charge in [0.2, 0.25) is 8.32 Å². The number of hydrogen-bond acceptors (Lipinski definition) is 23. The summed E-state index contributed by atoms with van der Waals surface area (Å²) >= 11 is 0. The van der Waals surface area contributed by atoms with E-state index in [4.69, 9.17) is 49.8 Å². The van der Waals surface area contributed by atoms with Crippen LogP contribution in [0.3, 0.4) is 0 Å². The summed E-state index contributed by atoms with van der Waals surface area (Å²) in [4.78, 5) is 112. The van der Waals surface area contributed by atoms with E-state index in [1.165, 1.54) is 36.9 Å². The maximum Gasteiger partial charge on any atom is 1.00 e. The summed E-state index contributed by atoms with van der Waals surface area (Å²) in [5.41, 5.74) is 18.0. The molecule has 638 valence electrons. The third-order valence-electron chi connectivity index (χ3n) is 18.8. The molecule has 0 radical (unpaired) electrons. The Balaban J connectivity index is 0.000000381. The van der Waals surface area contributed by atoms with Gasteiger partial charge in [0, 0.05) is 66.4 Å². The Kier molecular flexibility index (Phi) is 41.1. The molecule has 0 bridgehead atoms. The number of fused-ring (bicyclic) bond motifs is 3. The van der Waals surface area contributed by atoms with Gasteiger partial charge in [-0.15, -0.1) is 0 Å². The molecule has 0 aromatic heterocycles. The van der Waals surface area contributed by atoms with E-state index in [0.29, 0.717) is 111 Å². The Bertz CT molecular complexity index is 5080. The molecule has 121 heavy (non-hydrogen) atoms. The maximum atomic E-state index is 12.0. The van der Waals surface area contributed by atoms with Crippen LogP contribution in [0, 0.1) is 20.8 Å².